The molecule has 0 saturated heterocycles. The molecule has 0 fully saturated rings. The first-order valence-electron chi connectivity index (χ1n) is 6.97. The Morgan fingerprint density at radius 1 is 1.35 bits per heavy atom. The highest BCUT2D eigenvalue weighted by Gasteiger charge is 2.26. The Morgan fingerprint density at radius 3 is 2.40 bits per heavy atom. The van der Waals surface area contributed by atoms with Gasteiger partial charge in [-0.2, -0.15) is 0 Å². The summed E-state index contributed by atoms with van der Waals surface area (Å²) in [5, 5.41) is 3.04. The number of hydrogen-bond acceptors (Lipinski definition) is 3. The maximum absolute atomic E-state index is 12.2. The van der Waals surface area contributed by atoms with E-state index in [0.717, 1.165) is 18.6 Å². The van der Waals surface area contributed by atoms with Crippen LogP contribution in [0.3, 0.4) is 0 Å². The van der Waals surface area contributed by atoms with E-state index >= 15 is 0 Å². The molecule has 4 nitrogen and oxygen atoms in total. The molecule has 0 atom stereocenters. The standard InChI is InChI=1S/C16H24N2O2/c1-4-11-20-14-9-7-13(8-10-14)15(19)18-16(5-2,6-3)12-17/h4,7-10H,1,5-6,11-12,17H2,2-3H3,(H,18,19). The quantitative estimate of drug-likeness (QED) is 0.717. The van der Waals surface area contributed by atoms with Gasteiger partial charge in [0.1, 0.15) is 12.4 Å². The highest BCUT2D eigenvalue weighted by atomic mass is 16.5. The van der Waals surface area contributed by atoms with E-state index in [1.807, 2.05) is 13.8 Å². The van der Waals surface area contributed by atoms with Crippen molar-refractivity contribution in [1.29, 1.82) is 0 Å². The molecule has 0 aliphatic rings. The van der Waals surface area contributed by atoms with Crippen molar-refractivity contribution in [3.8, 4) is 5.75 Å². The lowest BCUT2D eigenvalue weighted by Crippen LogP contribution is -2.52. The Labute approximate surface area is 121 Å². The molecular weight excluding hydrogens is 252 g/mol. The minimum atomic E-state index is -0.324. The van der Waals surface area contributed by atoms with Crippen LogP contribution in [0, 0.1) is 0 Å². The first kappa shape index (κ1) is 16.2. The van der Waals surface area contributed by atoms with Crippen LogP contribution in [0.2, 0.25) is 0 Å². The Balaban J connectivity index is 2.74. The molecule has 3 N–H and O–H groups in total. The van der Waals surface area contributed by atoms with Gasteiger partial charge in [0.15, 0.2) is 0 Å². The molecule has 4 heteroatoms. The van der Waals surface area contributed by atoms with Crippen molar-refractivity contribution in [2.75, 3.05) is 13.2 Å². The molecule has 110 valence electrons. The third kappa shape index (κ3) is 4.10. The Morgan fingerprint density at radius 2 is 1.95 bits per heavy atom. The fourth-order valence-corrected chi connectivity index (χ4v) is 1.94. The third-order valence-corrected chi connectivity index (χ3v) is 3.61. The first-order chi connectivity index (χ1) is 9.60. The molecular formula is C16H24N2O2. The summed E-state index contributed by atoms with van der Waals surface area (Å²) in [4.78, 5) is 12.2. The summed E-state index contributed by atoms with van der Waals surface area (Å²) in [7, 11) is 0. The highest BCUT2D eigenvalue weighted by Crippen LogP contribution is 2.16. The van der Waals surface area contributed by atoms with Gasteiger partial charge in [0, 0.05) is 12.1 Å². The van der Waals surface area contributed by atoms with Gasteiger partial charge in [-0.1, -0.05) is 26.5 Å². The smallest absolute Gasteiger partial charge is 0.251 e. The maximum atomic E-state index is 12.2. The second kappa shape index (κ2) is 7.70. The number of ether oxygens (including phenoxy) is 1. The lowest BCUT2D eigenvalue weighted by molar-refractivity contribution is 0.0895. The molecule has 0 heterocycles. The van der Waals surface area contributed by atoms with Crippen LogP contribution in [-0.4, -0.2) is 24.6 Å². The van der Waals surface area contributed by atoms with Crippen molar-refractivity contribution in [2.24, 2.45) is 5.73 Å². The van der Waals surface area contributed by atoms with E-state index in [2.05, 4.69) is 11.9 Å². The molecule has 0 spiro atoms. The number of nitrogens with one attached hydrogen (secondary N) is 1. The van der Waals surface area contributed by atoms with Gasteiger partial charge in [0.2, 0.25) is 0 Å². The number of nitrogens with two attached hydrogens (primary N) is 1. The van der Waals surface area contributed by atoms with Crippen molar-refractivity contribution in [1.82, 2.24) is 5.32 Å². The van der Waals surface area contributed by atoms with Crippen molar-refractivity contribution in [3.63, 3.8) is 0 Å². The van der Waals surface area contributed by atoms with Crippen LogP contribution in [0.15, 0.2) is 36.9 Å². The molecule has 0 aromatic heterocycles. The zero-order valence-corrected chi connectivity index (χ0v) is 12.3. The predicted molar refractivity (Wildman–Crippen MR) is 82.0 cm³/mol. The first-order valence-corrected chi connectivity index (χ1v) is 6.97. The number of benzene rings is 1. The average molecular weight is 276 g/mol. The molecule has 20 heavy (non-hydrogen) atoms. The summed E-state index contributed by atoms with van der Waals surface area (Å²) < 4.78 is 5.38. The molecule has 1 aromatic carbocycles. The van der Waals surface area contributed by atoms with Crippen LogP contribution in [0.1, 0.15) is 37.0 Å². The van der Waals surface area contributed by atoms with Crippen LogP contribution in [0.4, 0.5) is 0 Å². The fourth-order valence-electron chi connectivity index (χ4n) is 1.94. The zero-order valence-electron chi connectivity index (χ0n) is 12.3. The summed E-state index contributed by atoms with van der Waals surface area (Å²) in [6.45, 7) is 8.54. The van der Waals surface area contributed by atoms with E-state index in [1.54, 1.807) is 30.3 Å². The van der Waals surface area contributed by atoms with Gasteiger partial charge in [-0.3, -0.25) is 4.79 Å². The van der Waals surface area contributed by atoms with Gasteiger partial charge in [-0.05, 0) is 37.1 Å². The monoisotopic (exact) mass is 276 g/mol. The summed E-state index contributed by atoms with van der Waals surface area (Å²) >= 11 is 0. The summed E-state index contributed by atoms with van der Waals surface area (Å²) in [5.74, 6) is 0.618. The lowest BCUT2D eigenvalue weighted by atomic mass is 9.92. The van der Waals surface area contributed by atoms with Crippen LogP contribution in [0.25, 0.3) is 0 Å². The molecule has 1 rings (SSSR count). The molecule has 0 saturated carbocycles. The highest BCUT2D eigenvalue weighted by molar-refractivity contribution is 5.94. The number of hydrogen-bond donors (Lipinski definition) is 2. The van der Waals surface area contributed by atoms with E-state index in [0.29, 0.717) is 18.7 Å². The fraction of sp³-hybridized carbons (Fsp3) is 0.438. The molecule has 1 aromatic rings. The van der Waals surface area contributed by atoms with Gasteiger partial charge < -0.3 is 15.8 Å². The Hall–Kier alpha value is -1.81. The van der Waals surface area contributed by atoms with Gasteiger partial charge in [-0.15, -0.1) is 0 Å². The van der Waals surface area contributed by atoms with E-state index < -0.39 is 0 Å². The van der Waals surface area contributed by atoms with Crippen LogP contribution < -0.4 is 15.8 Å². The normalized spacial score (nSPS) is 10.9. The van der Waals surface area contributed by atoms with Crippen molar-refractivity contribution in [2.45, 2.75) is 32.2 Å². The SMILES string of the molecule is C=CCOc1ccc(C(=O)NC(CC)(CC)CN)cc1. The van der Waals surface area contributed by atoms with Crippen molar-refractivity contribution in [3.05, 3.63) is 42.5 Å². The largest absolute Gasteiger partial charge is 0.490 e. The zero-order chi connectivity index (χ0) is 15.0. The second-order valence-corrected chi connectivity index (χ2v) is 4.77. The van der Waals surface area contributed by atoms with E-state index in [9.17, 15) is 4.79 Å². The van der Waals surface area contributed by atoms with Gasteiger partial charge in [0.05, 0.1) is 5.54 Å². The molecule has 0 bridgehead atoms. The number of rotatable bonds is 8. The lowest BCUT2D eigenvalue weighted by Gasteiger charge is -2.31. The molecule has 0 aliphatic carbocycles. The van der Waals surface area contributed by atoms with Crippen molar-refractivity contribution < 1.29 is 9.53 Å². The summed E-state index contributed by atoms with van der Waals surface area (Å²) in [5.41, 5.74) is 6.07. The second-order valence-electron chi connectivity index (χ2n) is 4.77. The average Bonchev–Trinajstić information content (AvgIpc) is 2.51. The van der Waals surface area contributed by atoms with Crippen LogP contribution >= 0.6 is 0 Å². The molecule has 0 aliphatic heterocycles. The van der Waals surface area contributed by atoms with Crippen LogP contribution in [-0.2, 0) is 0 Å². The molecule has 0 radical (unpaired) electrons. The maximum Gasteiger partial charge on any atom is 0.251 e. The minimum absolute atomic E-state index is 0.102. The number of amides is 1. The topological polar surface area (TPSA) is 64.3 Å². The number of carbonyl (C=O) groups excluding carboxylic acids is 1. The van der Waals surface area contributed by atoms with E-state index in [1.165, 1.54) is 0 Å². The van der Waals surface area contributed by atoms with E-state index in [-0.39, 0.29) is 11.4 Å². The Bertz CT molecular complexity index is 428. The van der Waals surface area contributed by atoms with Gasteiger partial charge in [0.25, 0.3) is 5.91 Å². The van der Waals surface area contributed by atoms with Gasteiger partial charge in [-0.25, -0.2) is 0 Å². The predicted octanol–water partition coefficient (Wildman–Crippen LogP) is 2.50. The van der Waals surface area contributed by atoms with Crippen molar-refractivity contribution >= 4 is 5.91 Å². The van der Waals surface area contributed by atoms with Gasteiger partial charge >= 0.3 is 0 Å². The molecule has 0 unspecified atom stereocenters. The third-order valence-electron chi connectivity index (χ3n) is 3.61. The number of carbonyl (C=O) groups is 1. The minimum Gasteiger partial charge on any atom is -0.490 e. The summed E-state index contributed by atoms with van der Waals surface area (Å²) in [6.07, 6.45) is 3.30. The van der Waals surface area contributed by atoms with Crippen LogP contribution in [0.5, 0.6) is 5.75 Å². The summed E-state index contributed by atoms with van der Waals surface area (Å²) in [6, 6.07) is 7.06. The van der Waals surface area contributed by atoms with E-state index in [4.69, 9.17) is 10.5 Å². The Kier molecular flexibility index (Phi) is 6.25. The molecule has 1 amide bonds.